The monoisotopic (exact) mass is 361 g/mol. The summed E-state index contributed by atoms with van der Waals surface area (Å²) in [6.45, 7) is 1.98. The maximum atomic E-state index is 12.7. The molecule has 0 radical (unpaired) electrons. The first-order chi connectivity index (χ1) is 13.2. The minimum atomic E-state index is -0.163. The fourth-order valence-corrected chi connectivity index (χ4v) is 3.13. The second-order valence-electron chi connectivity index (χ2n) is 6.33. The smallest absolute Gasteiger partial charge is 0.289 e. The van der Waals surface area contributed by atoms with Gasteiger partial charge in [0.15, 0.2) is 11.5 Å². The molecule has 2 aromatic heterocycles. The fraction of sp³-hybridized carbons (Fsp3) is 0.190. The van der Waals surface area contributed by atoms with E-state index in [1.807, 2.05) is 48.5 Å². The SMILES string of the molecule is O=C(c1ccccc1)N1CCN(C(=O)c2ccc(-c3ccccn3)o2)CC1. The molecule has 1 aromatic carbocycles. The first-order valence-corrected chi connectivity index (χ1v) is 8.87. The van der Waals surface area contributed by atoms with Gasteiger partial charge in [0.2, 0.25) is 0 Å². The lowest BCUT2D eigenvalue weighted by molar-refractivity contribution is 0.0518. The van der Waals surface area contributed by atoms with Gasteiger partial charge < -0.3 is 14.2 Å². The second-order valence-corrected chi connectivity index (χ2v) is 6.33. The summed E-state index contributed by atoms with van der Waals surface area (Å²) < 4.78 is 5.69. The zero-order valence-corrected chi connectivity index (χ0v) is 14.7. The molecule has 3 heterocycles. The number of benzene rings is 1. The van der Waals surface area contributed by atoms with Crippen molar-refractivity contribution in [2.45, 2.75) is 0 Å². The fourth-order valence-electron chi connectivity index (χ4n) is 3.13. The zero-order valence-electron chi connectivity index (χ0n) is 14.7. The van der Waals surface area contributed by atoms with E-state index in [9.17, 15) is 9.59 Å². The molecule has 27 heavy (non-hydrogen) atoms. The Kier molecular flexibility index (Phi) is 4.70. The first-order valence-electron chi connectivity index (χ1n) is 8.87. The number of nitrogens with zero attached hydrogens (tertiary/aromatic N) is 3. The molecule has 3 aromatic rings. The number of amides is 2. The summed E-state index contributed by atoms with van der Waals surface area (Å²) in [5.74, 6) is 0.692. The Morgan fingerprint density at radius 1 is 0.778 bits per heavy atom. The van der Waals surface area contributed by atoms with Crippen LogP contribution in [0.4, 0.5) is 0 Å². The van der Waals surface area contributed by atoms with Gasteiger partial charge in [0.1, 0.15) is 5.69 Å². The molecule has 0 unspecified atom stereocenters. The van der Waals surface area contributed by atoms with Crippen molar-refractivity contribution in [1.82, 2.24) is 14.8 Å². The maximum absolute atomic E-state index is 12.7. The minimum absolute atomic E-state index is 0.00173. The molecule has 1 saturated heterocycles. The third-order valence-electron chi connectivity index (χ3n) is 4.61. The quantitative estimate of drug-likeness (QED) is 0.719. The van der Waals surface area contributed by atoms with Gasteiger partial charge in [0.05, 0.1) is 0 Å². The largest absolute Gasteiger partial charge is 0.449 e. The highest BCUT2D eigenvalue weighted by molar-refractivity contribution is 5.95. The third kappa shape index (κ3) is 3.60. The van der Waals surface area contributed by atoms with Crippen LogP contribution in [0.1, 0.15) is 20.9 Å². The number of hydrogen-bond acceptors (Lipinski definition) is 4. The van der Waals surface area contributed by atoms with Crippen LogP contribution in [0.15, 0.2) is 71.3 Å². The van der Waals surface area contributed by atoms with E-state index in [2.05, 4.69) is 4.98 Å². The van der Waals surface area contributed by atoms with E-state index in [1.165, 1.54) is 0 Å². The number of furan rings is 1. The van der Waals surface area contributed by atoms with Crippen molar-refractivity contribution in [2.24, 2.45) is 0 Å². The van der Waals surface area contributed by atoms with Crippen LogP contribution in [0.2, 0.25) is 0 Å². The summed E-state index contributed by atoms with van der Waals surface area (Å²) in [7, 11) is 0. The van der Waals surface area contributed by atoms with Gasteiger partial charge in [-0.05, 0) is 36.4 Å². The molecule has 4 rings (SSSR count). The Morgan fingerprint density at radius 2 is 1.44 bits per heavy atom. The van der Waals surface area contributed by atoms with Gasteiger partial charge in [-0.3, -0.25) is 14.6 Å². The van der Waals surface area contributed by atoms with Crippen molar-refractivity contribution < 1.29 is 14.0 Å². The van der Waals surface area contributed by atoms with E-state index in [1.54, 1.807) is 28.1 Å². The Morgan fingerprint density at radius 3 is 2.11 bits per heavy atom. The van der Waals surface area contributed by atoms with Crippen molar-refractivity contribution in [2.75, 3.05) is 26.2 Å². The normalized spacial score (nSPS) is 14.2. The number of carbonyl (C=O) groups is 2. The molecule has 136 valence electrons. The number of aromatic nitrogens is 1. The number of piperazine rings is 1. The Bertz CT molecular complexity index is 930. The lowest BCUT2D eigenvalue weighted by atomic mass is 10.2. The first kappa shape index (κ1) is 17.0. The summed E-state index contributed by atoms with van der Waals surface area (Å²) in [5.41, 5.74) is 1.36. The molecule has 0 saturated carbocycles. The van der Waals surface area contributed by atoms with Crippen LogP contribution in [0, 0.1) is 0 Å². The molecule has 0 atom stereocenters. The number of pyridine rings is 1. The predicted octanol–water partition coefficient (Wildman–Crippen LogP) is 2.94. The van der Waals surface area contributed by atoms with E-state index in [0.717, 1.165) is 0 Å². The molecule has 1 aliphatic rings. The summed E-state index contributed by atoms with van der Waals surface area (Å²) in [6, 6.07) is 18.2. The predicted molar refractivity (Wildman–Crippen MR) is 100 cm³/mol. The van der Waals surface area contributed by atoms with Crippen molar-refractivity contribution in [1.29, 1.82) is 0 Å². The van der Waals surface area contributed by atoms with Crippen LogP contribution in [0.3, 0.4) is 0 Å². The average Bonchev–Trinajstić information content (AvgIpc) is 3.24. The van der Waals surface area contributed by atoms with Crippen molar-refractivity contribution in [3.05, 3.63) is 78.2 Å². The van der Waals surface area contributed by atoms with Gasteiger partial charge in [-0.1, -0.05) is 24.3 Å². The molecule has 0 spiro atoms. The molecular formula is C21H19N3O3. The molecule has 0 bridgehead atoms. The Balaban J connectivity index is 1.39. The zero-order chi connectivity index (χ0) is 18.6. The highest BCUT2D eigenvalue weighted by atomic mass is 16.4. The van der Waals surface area contributed by atoms with Gasteiger partial charge in [-0.15, -0.1) is 0 Å². The van der Waals surface area contributed by atoms with Crippen LogP contribution >= 0.6 is 0 Å². The van der Waals surface area contributed by atoms with Gasteiger partial charge >= 0.3 is 0 Å². The van der Waals surface area contributed by atoms with E-state index in [-0.39, 0.29) is 11.8 Å². The van der Waals surface area contributed by atoms with Crippen molar-refractivity contribution >= 4 is 11.8 Å². The topological polar surface area (TPSA) is 66.7 Å². The van der Waals surface area contributed by atoms with Gasteiger partial charge in [-0.2, -0.15) is 0 Å². The lowest BCUT2D eigenvalue weighted by Gasteiger charge is -2.34. The molecule has 6 nitrogen and oxygen atoms in total. The van der Waals surface area contributed by atoms with Crippen LogP contribution in [-0.2, 0) is 0 Å². The van der Waals surface area contributed by atoms with Gasteiger partial charge in [0, 0.05) is 37.9 Å². The van der Waals surface area contributed by atoms with E-state index in [0.29, 0.717) is 49.0 Å². The van der Waals surface area contributed by atoms with E-state index in [4.69, 9.17) is 4.42 Å². The molecule has 6 heteroatoms. The minimum Gasteiger partial charge on any atom is -0.449 e. The van der Waals surface area contributed by atoms with E-state index < -0.39 is 0 Å². The average molecular weight is 361 g/mol. The maximum Gasteiger partial charge on any atom is 0.289 e. The molecule has 1 aliphatic heterocycles. The van der Waals surface area contributed by atoms with E-state index >= 15 is 0 Å². The molecule has 0 N–H and O–H groups in total. The van der Waals surface area contributed by atoms with Crippen molar-refractivity contribution in [3.8, 4) is 11.5 Å². The molecule has 2 amide bonds. The van der Waals surface area contributed by atoms with Crippen LogP contribution in [0.25, 0.3) is 11.5 Å². The van der Waals surface area contributed by atoms with Gasteiger partial charge in [0.25, 0.3) is 11.8 Å². The van der Waals surface area contributed by atoms with Crippen LogP contribution in [0.5, 0.6) is 0 Å². The summed E-state index contributed by atoms with van der Waals surface area (Å²) in [5, 5.41) is 0. The summed E-state index contributed by atoms with van der Waals surface area (Å²) >= 11 is 0. The van der Waals surface area contributed by atoms with Gasteiger partial charge in [-0.25, -0.2) is 0 Å². The standard InChI is InChI=1S/C21H19N3O3/c25-20(16-6-2-1-3-7-16)23-12-14-24(15-13-23)21(26)19-10-9-18(27-19)17-8-4-5-11-22-17/h1-11H,12-15H2. The Labute approximate surface area is 157 Å². The lowest BCUT2D eigenvalue weighted by Crippen LogP contribution is -2.50. The number of rotatable bonds is 3. The number of hydrogen-bond donors (Lipinski definition) is 0. The third-order valence-corrected chi connectivity index (χ3v) is 4.61. The number of carbonyl (C=O) groups excluding carboxylic acids is 2. The molecule has 0 aliphatic carbocycles. The Hall–Kier alpha value is -3.41. The van der Waals surface area contributed by atoms with Crippen molar-refractivity contribution in [3.63, 3.8) is 0 Å². The van der Waals surface area contributed by atoms with Crippen LogP contribution in [-0.4, -0.2) is 52.8 Å². The highest BCUT2D eigenvalue weighted by Crippen LogP contribution is 2.21. The molecule has 1 fully saturated rings. The highest BCUT2D eigenvalue weighted by Gasteiger charge is 2.27. The van der Waals surface area contributed by atoms with Crippen LogP contribution < -0.4 is 0 Å². The second kappa shape index (κ2) is 7.45. The summed E-state index contributed by atoms with van der Waals surface area (Å²) in [6.07, 6.45) is 1.68. The molecular weight excluding hydrogens is 342 g/mol. The summed E-state index contributed by atoms with van der Waals surface area (Å²) in [4.78, 5) is 32.9.